The maximum atomic E-state index is 3.94. The van der Waals surface area contributed by atoms with Crippen LogP contribution in [0, 0.1) is 0 Å². The van der Waals surface area contributed by atoms with Crippen molar-refractivity contribution >= 4 is 0 Å². The van der Waals surface area contributed by atoms with Crippen molar-refractivity contribution in [2.24, 2.45) is 0 Å². The summed E-state index contributed by atoms with van der Waals surface area (Å²) in [7, 11) is 1.96. The molecule has 1 aromatic rings. The highest BCUT2D eigenvalue weighted by molar-refractivity contribution is 5.60. The van der Waals surface area contributed by atoms with E-state index in [1.807, 2.05) is 13.1 Å². The molecule has 0 saturated heterocycles. The molecule has 2 heteroatoms. The van der Waals surface area contributed by atoms with Crippen LogP contribution in [-0.2, 0) is 13.1 Å². The topological polar surface area (TPSA) is 24.1 Å². The minimum Gasteiger partial charge on any atom is -0.380 e. The fourth-order valence-corrected chi connectivity index (χ4v) is 1.85. The lowest BCUT2D eigenvalue weighted by Gasteiger charge is -2.22. The van der Waals surface area contributed by atoms with Gasteiger partial charge >= 0.3 is 0 Å². The first-order valence-electron chi connectivity index (χ1n) is 5.77. The van der Waals surface area contributed by atoms with Crippen LogP contribution in [-0.4, -0.2) is 7.05 Å². The summed E-state index contributed by atoms with van der Waals surface area (Å²) in [6.45, 7) is 9.53. The molecule has 0 radical (unpaired) electrons. The van der Waals surface area contributed by atoms with Crippen LogP contribution in [0.15, 0.2) is 60.3 Å². The molecule has 0 atom stereocenters. The summed E-state index contributed by atoms with van der Waals surface area (Å²) in [5.41, 5.74) is 5.74. The highest BCUT2D eigenvalue weighted by atomic mass is 14.9. The number of hydrogen-bond acceptors (Lipinski definition) is 2. The molecule has 0 fully saturated rings. The average molecular weight is 226 g/mol. The Kier molecular flexibility index (Phi) is 3.45. The van der Waals surface area contributed by atoms with Crippen molar-refractivity contribution in [2.75, 3.05) is 7.05 Å². The molecule has 1 aliphatic carbocycles. The lowest BCUT2D eigenvalue weighted by atomic mass is 9.94. The second-order valence-corrected chi connectivity index (χ2v) is 4.27. The van der Waals surface area contributed by atoms with Crippen LogP contribution in [0.3, 0.4) is 0 Å². The number of benzene rings is 1. The van der Waals surface area contributed by atoms with Crippen molar-refractivity contribution in [3.05, 3.63) is 71.5 Å². The maximum Gasteiger partial charge on any atom is 0.0422 e. The van der Waals surface area contributed by atoms with E-state index < -0.39 is 0 Å². The number of allylic oxidation sites excluding steroid dienone is 2. The first-order valence-corrected chi connectivity index (χ1v) is 5.77. The van der Waals surface area contributed by atoms with Crippen LogP contribution < -0.4 is 10.6 Å². The molecule has 2 N–H and O–H groups in total. The van der Waals surface area contributed by atoms with Crippen molar-refractivity contribution in [1.29, 1.82) is 0 Å². The van der Waals surface area contributed by atoms with Gasteiger partial charge < -0.3 is 10.6 Å². The SMILES string of the molecule is C=C1C=C(NCc2cccc(CNC)c2)C1=C. The van der Waals surface area contributed by atoms with Gasteiger partial charge in [-0.3, -0.25) is 0 Å². The van der Waals surface area contributed by atoms with Crippen LogP contribution in [0.1, 0.15) is 11.1 Å². The summed E-state index contributed by atoms with van der Waals surface area (Å²) >= 11 is 0. The number of nitrogens with one attached hydrogen (secondary N) is 2. The van der Waals surface area contributed by atoms with Crippen molar-refractivity contribution in [1.82, 2.24) is 10.6 Å². The standard InChI is InChI=1S/C15H18N2/c1-11-7-15(12(11)2)17-10-14-6-4-5-13(8-14)9-16-3/h4-8,16-17H,1-2,9-10H2,3H3. The summed E-state index contributed by atoms with van der Waals surface area (Å²) < 4.78 is 0. The van der Waals surface area contributed by atoms with Crippen molar-refractivity contribution in [3.63, 3.8) is 0 Å². The van der Waals surface area contributed by atoms with Gasteiger partial charge in [-0.1, -0.05) is 37.4 Å². The summed E-state index contributed by atoms with van der Waals surface area (Å²) in [6.07, 6.45) is 2.03. The van der Waals surface area contributed by atoms with Gasteiger partial charge in [0.05, 0.1) is 0 Å². The maximum absolute atomic E-state index is 3.94. The zero-order valence-electron chi connectivity index (χ0n) is 10.2. The Bertz CT molecular complexity index is 483. The predicted molar refractivity (Wildman–Crippen MR) is 72.4 cm³/mol. The lowest BCUT2D eigenvalue weighted by molar-refractivity contribution is 0.793. The molecule has 0 heterocycles. The van der Waals surface area contributed by atoms with Crippen LogP contribution >= 0.6 is 0 Å². The summed E-state index contributed by atoms with van der Waals surface area (Å²) in [6, 6.07) is 8.55. The Hall–Kier alpha value is -1.80. The third kappa shape index (κ3) is 2.66. The van der Waals surface area contributed by atoms with E-state index in [-0.39, 0.29) is 0 Å². The van der Waals surface area contributed by atoms with Crippen LogP contribution in [0.25, 0.3) is 0 Å². The molecule has 0 aliphatic heterocycles. The van der Waals surface area contributed by atoms with Crippen LogP contribution in [0.5, 0.6) is 0 Å². The molecule has 17 heavy (non-hydrogen) atoms. The van der Waals surface area contributed by atoms with Crippen molar-refractivity contribution < 1.29 is 0 Å². The monoisotopic (exact) mass is 226 g/mol. The summed E-state index contributed by atoms with van der Waals surface area (Å²) in [5, 5.41) is 6.52. The van der Waals surface area contributed by atoms with Crippen molar-refractivity contribution in [2.45, 2.75) is 13.1 Å². The zero-order chi connectivity index (χ0) is 12.3. The molecule has 1 aliphatic rings. The van der Waals surface area contributed by atoms with Gasteiger partial charge in [-0.25, -0.2) is 0 Å². The van der Waals surface area contributed by atoms with Crippen LogP contribution in [0.2, 0.25) is 0 Å². The average Bonchev–Trinajstić information content (AvgIpc) is 2.35. The Morgan fingerprint density at radius 1 is 1.12 bits per heavy atom. The molecule has 2 rings (SSSR count). The van der Waals surface area contributed by atoms with Crippen molar-refractivity contribution in [3.8, 4) is 0 Å². The van der Waals surface area contributed by atoms with E-state index in [9.17, 15) is 0 Å². The first kappa shape index (κ1) is 11.7. The Labute approximate surface area is 103 Å². The molecule has 0 aromatic heterocycles. The third-order valence-electron chi connectivity index (χ3n) is 2.89. The Morgan fingerprint density at radius 2 is 1.82 bits per heavy atom. The normalized spacial score (nSPS) is 14.3. The van der Waals surface area contributed by atoms with Gasteiger partial charge in [0, 0.05) is 18.8 Å². The fraction of sp³-hybridized carbons (Fsp3) is 0.200. The molecular weight excluding hydrogens is 208 g/mol. The van der Waals surface area contributed by atoms with E-state index in [1.54, 1.807) is 0 Å². The van der Waals surface area contributed by atoms with Gasteiger partial charge in [0.1, 0.15) is 0 Å². The van der Waals surface area contributed by atoms with E-state index in [1.165, 1.54) is 11.1 Å². The molecule has 88 valence electrons. The molecule has 2 nitrogen and oxygen atoms in total. The lowest BCUT2D eigenvalue weighted by Crippen LogP contribution is -2.20. The molecular formula is C15H18N2. The van der Waals surface area contributed by atoms with Gasteiger partial charge in [0.2, 0.25) is 0 Å². The van der Waals surface area contributed by atoms with E-state index in [2.05, 4.69) is 48.1 Å². The van der Waals surface area contributed by atoms with Gasteiger partial charge in [-0.15, -0.1) is 0 Å². The fourth-order valence-electron chi connectivity index (χ4n) is 1.85. The predicted octanol–water partition coefficient (Wildman–Crippen LogP) is 2.51. The second kappa shape index (κ2) is 5.02. The molecule has 0 saturated carbocycles. The third-order valence-corrected chi connectivity index (χ3v) is 2.89. The minimum absolute atomic E-state index is 0.829. The molecule has 0 spiro atoms. The Morgan fingerprint density at radius 3 is 2.41 bits per heavy atom. The van der Waals surface area contributed by atoms with Crippen LogP contribution in [0.4, 0.5) is 0 Å². The molecule has 0 bridgehead atoms. The smallest absolute Gasteiger partial charge is 0.0422 e. The zero-order valence-corrected chi connectivity index (χ0v) is 10.2. The van der Waals surface area contributed by atoms with E-state index in [0.29, 0.717) is 0 Å². The largest absolute Gasteiger partial charge is 0.380 e. The molecule has 1 aromatic carbocycles. The molecule has 0 amide bonds. The second-order valence-electron chi connectivity index (χ2n) is 4.27. The quantitative estimate of drug-likeness (QED) is 0.806. The first-order chi connectivity index (χ1) is 8.20. The van der Waals surface area contributed by atoms with Gasteiger partial charge in [0.15, 0.2) is 0 Å². The van der Waals surface area contributed by atoms with E-state index >= 15 is 0 Å². The van der Waals surface area contributed by atoms with Gasteiger partial charge in [-0.2, -0.15) is 0 Å². The highest BCUT2D eigenvalue weighted by Gasteiger charge is 2.14. The minimum atomic E-state index is 0.829. The van der Waals surface area contributed by atoms with E-state index in [4.69, 9.17) is 0 Å². The van der Waals surface area contributed by atoms with E-state index in [0.717, 1.165) is 29.9 Å². The summed E-state index contributed by atoms with van der Waals surface area (Å²) in [5.74, 6) is 0. The Balaban J connectivity index is 1.95. The van der Waals surface area contributed by atoms with Gasteiger partial charge in [0.25, 0.3) is 0 Å². The van der Waals surface area contributed by atoms with Gasteiger partial charge in [-0.05, 0) is 35.4 Å². The molecule has 0 unspecified atom stereocenters. The number of hydrogen-bond donors (Lipinski definition) is 2. The summed E-state index contributed by atoms with van der Waals surface area (Å²) in [4.78, 5) is 0. The number of rotatable bonds is 5. The highest BCUT2D eigenvalue weighted by Crippen LogP contribution is 2.26.